The molecule has 1 aromatic rings. The zero-order valence-corrected chi connectivity index (χ0v) is 15.7. The van der Waals surface area contributed by atoms with Crippen molar-refractivity contribution in [2.45, 2.75) is 82.5 Å². The molecular weight excluding hydrogens is 310 g/mol. The van der Waals surface area contributed by atoms with Gasteiger partial charge in [0, 0.05) is 18.2 Å². The summed E-state index contributed by atoms with van der Waals surface area (Å²) in [5, 5.41) is 0. The van der Waals surface area contributed by atoms with Gasteiger partial charge < -0.3 is 16.2 Å². The highest BCUT2D eigenvalue weighted by molar-refractivity contribution is 5.29. The molecule has 5 rings (SSSR count). The molecule has 4 nitrogen and oxygen atoms in total. The minimum atomic E-state index is -0.0657. The van der Waals surface area contributed by atoms with E-state index in [0.29, 0.717) is 23.7 Å². The summed E-state index contributed by atoms with van der Waals surface area (Å²) >= 11 is 0. The number of fused-ring (bicyclic) bond motifs is 3. The highest BCUT2D eigenvalue weighted by Crippen LogP contribution is 2.55. The summed E-state index contributed by atoms with van der Waals surface area (Å²) in [6, 6.07) is 4.35. The van der Waals surface area contributed by atoms with E-state index in [1.165, 1.54) is 44.1 Å². The monoisotopic (exact) mass is 343 g/mol. The average Bonchev–Trinajstić information content (AvgIpc) is 2.56. The number of nitrogens with two attached hydrogens (primary N) is 2. The second-order valence-electron chi connectivity index (χ2n) is 9.31. The summed E-state index contributed by atoms with van der Waals surface area (Å²) < 4.78 is 6.78. The number of rotatable bonds is 3. The normalized spacial score (nSPS) is 40.1. The van der Waals surface area contributed by atoms with E-state index in [4.69, 9.17) is 16.2 Å². The van der Waals surface area contributed by atoms with Crippen LogP contribution >= 0.6 is 0 Å². The lowest BCUT2D eigenvalue weighted by atomic mass is 9.59. The second kappa shape index (κ2) is 6.24. The first-order valence-electron chi connectivity index (χ1n) is 10.0. The lowest BCUT2D eigenvalue weighted by Gasteiger charge is -2.61. The van der Waals surface area contributed by atoms with Gasteiger partial charge in [-0.3, -0.25) is 0 Å². The van der Waals surface area contributed by atoms with Gasteiger partial charge in [-0.1, -0.05) is 18.9 Å². The van der Waals surface area contributed by atoms with Crippen LogP contribution in [0.25, 0.3) is 0 Å². The van der Waals surface area contributed by atoms with Gasteiger partial charge in [-0.25, -0.2) is 4.98 Å². The van der Waals surface area contributed by atoms with Crippen molar-refractivity contribution in [3.63, 3.8) is 0 Å². The Bertz CT molecular complexity index is 614. The third-order valence-corrected chi connectivity index (χ3v) is 7.23. The molecule has 4 N–H and O–H groups in total. The van der Waals surface area contributed by atoms with Crippen molar-refractivity contribution >= 4 is 5.82 Å². The van der Waals surface area contributed by atoms with Crippen LogP contribution in [-0.2, 0) is 11.2 Å². The number of nitrogens with zero attached hydrogens (tertiary/aromatic N) is 1. The minimum absolute atomic E-state index is 0.0235. The number of hydrogen-bond donors (Lipinski definition) is 2. The summed E-state index contributed by atoms with van der Waals surface area (Å²) in [7, 11) is 0. The topological polar surface area (TPSA) is 74.2 Å². The van der Waals surface area contributed by atoms with Crippen LogP contribution in [0, 0.1) is 17.8 Å². The van der Waals surface area contributed by atoms with E-state index in [1.54, 1.807) is 0 Å². The fourth-order valence-corrected chi connectivity index (χ4v) is 6.11. The van der Waals surface area contributed by atoms with Crippen molar-refractivity contribution in [1.82, 2.24) is 4.98 Å². The van der Waals surface area contributed by atoms with Gasteiger partial charge in [0.25, 0.3) is 0 Å². The first-order chi connectivity index (χ1) is 11.9. The summed E-state index contributed by atoms with van der Waals surface area (Å²) in [5.74, 6) is 2.50. The maximum absolute atomic E-state index is 6.78. The van der Waals surface area contributed by atoms with E-state index >= 15 is 0 Å². The molecule has 2 bridgehead atoms. The smallest absolute Gasteiger partial charge is 0.123 e. The first kappa shape index (κ1) is 17.3. The zero-order chi connectivity index (χ0) is 17.7. The van der Waals surface area contributed by atoms with E-state index in [0.717, 1.165) is 18.8 Å². The van der Waals surface area contributed by atoms with Crippen molar-refractivity contribution < 1.29 is 4.74 Å². The SMILES string of the molecule is CC1(C)O[C@@]2([C@H]3CCC[C@@H](Cc4ccc(N)nc4)C3)CC[C@@H]1[C@H](N)C2. The third-order valence-electron chi connectivity index (χ3n) is 7.23. The van der Waals surface area contributed by atoms with Crippen LogP contribution in [0.15, 0.2) is 18.3 Å². The number of aromatic nitrogens is 1. The molecule has 2 aliphatic carbocycles. The molecule has 0 amide bonds. The van der Waals surface area contributed by atoms with Gasteiger partial charge in [0.05, 0.1) is 11.2 Å². The lowest BCUT2D eigenvalue weighted by molar-refractivity contribution is -0.268. The molecule has 4 aliphatic rings. The second-order valence-corrected chi connectivity index (χ2v) is 9.31. The van der Waals surface area contributed by atoms with Crippen molar-refractivity contribution in [2.75, 3.05) is 5.73 Å². The molecule has 1 aromatic heterocycles. The van der Waals surface area contributed by atoms with Gasteiger partial charge in [0.1, 0.15) is 5.82 Å². The Kier molecular flexibility index (Phi) is 4.32. The average molecular weight is 344 g/mol. The maximum Gasteiger partial charge on any atom is 0.123 e. The lowest BCUT2D eigenvalue weighted by Crippen LogP contribution is -2.66. The Balaban J connectivity index is 1.48. The molecule has 4 heteroatoms. The van der Waals surface area contributed by atoms with Crippen LogP contribution in [0.1, 0.15) is 64.4 Å². The minimum Gasteiger partial charge on any atom is -0.384 e. The Morgan fingerprint density at radius 1 is 1.24 bits per heavy atom. The molecule has 138 valence electrons. The van der Waals surface area contributed by atoms with Crippen LogP contribution in [0.3, 0.4) is 0 Å². The van der Waals surface area contributed by atoms with Gasteiger partial charge in [-0.2, -0.15) is 0 Å². The summed E-state index contributed by atoms with van der Waals surface area (Å²) in [5.41, 5.74) is 13.5. The van der Waals surface area contributed by atoms with E-state index in [2.05, 4.69) is 24.9 Å². The fraction of sp³-hybridized carbons (Fsp3) is 0.762. The van der Waals surface area contributed by atoms with Crippen molar-refractivity contribution in [2.24, 2.45) is 23.5 Å². The number of nitrogen functional groups attached to an aromatic ring is 1. The highest BCUT2D eigenvalue weighted by Gasteiger charge is 2.57. The van der Waals surface area contributed by atoms with Crippen molar-refractivity contribution in [3.05, 3.63) is 23.9 Å². The van der Waals surface area contributed by atoms with Crippen molar-refractivity contribution in [1.29, 1.82) is 0 Å². The predicted octanol–water partition coefficient (Wildman–Crippen LogP) is 3.69. The molecule has 0 radical (unpaired) electrons. The number of anilines is 1. The predicted molar refractivity (Wildman–Crippen MR) is 101 cm³/mol. The van der Waals surface area contributed by atoms with E-state index in [1.807, 2.05) is 12.3 Å². The van der Waals surface area contributed by atoms with E-state index in [-0.39, 0.29) is 11.2 Å². The molecule has 0 spiro atoms. The largest absolute Gasteiger partial charge is 0.384 e. The van der Waals surface area contributed by atoms with Crippen LogP contribution in [0.5, 0.6) is 0 Å². The van der Waals surface area contributed by atoms with Crippen LogP contribution in [0.4, 0.5) is 5.82 Å². The maximum atomic E-state index is 6.78. The molecular formula is C21H33N3O. The molecule has 2 saturated heterocycles. The van der Waals surface area contributed by atoms with Crippen LogP contribution in [0.2, 0.25) is 0 Å². The molecule has 0 unspecified atom stereocenters. The van der Waals surface area contributed by atoms with Gasteiger partial charge >= 0.3 is 0 Å². The zero-order valence-electron chi connectivity index (χ0n) is 15.7. The molecule has 25 heavy (non-hydrogen) atoms. The molecule has 2 saturated carbocycles. The van der Waals surface area contributed by atoms with E-state index < -0.39 is 0 Å². The Hall–Kier alpha value is -1.13. The molecule has 5 atom stereocenters. The standard InChI is InChI=1S/C21H33N3O/c1-20(2)17-8-9-21(25-20,12-18(17)22)16-5-3-4-14(11-16)10-15-6-7-19(23)24-13-15/h6-7,13-14,16-18H,3-5,8-12,22H2,1-2H3,(H2,23,24)/t14-,16-,17+,18+,21-/m0/s1. The molecule has 4 fully saturated rings. The first-order valence-corrected chi connectivity index (χ1v) is 10.0. The highest BCUT2D eigenvalue weighted by atomic mass is 16.5. The van der Waals surface area contributed by atoms with Gasteiger partial charge in [0.15, 0.2) is 0 Å². The number of ether oxygens (including phenoxy) is 1. The Labute approximate surface area is 151 Å². The van der Waals surface area contributed by atoms with Gasteiger partial charge in [-0.05, 0) is 75.8 Å². The Morgan fingerprint density at radius 3 is 2.76 bits per heavy atom. The molecule has 3 heterocycles. The van der Waals surface area contributed by atoms with Crippen LogP contribution < -0.4 is 11.5 Å². The summed E-state index contributed by atoms with van der Waals surface area (Å²) in [6.07, 6.45) is 11.7. The molecule has 2 aliphatic heterocycles. The number of pyridine rings is 1. The molecule has 0 aromatic carbocycles. The quantitative estimate of drug-likeness (QED) is 0.878. The van der Waals surface area contributed by atoms with Gasteiger partial charge in [0.2, 0.25) is 0 Å². The van der Waals surface area contributed by atoms with Gasteiger partial charge in [-0.15, -0.1) is 0 Å². The summed E-state index contributed by atoms with van der Waals surface area (Å²) in [4.78, 5) is 4.26. The summed E-state index contributed by atoms with van der Waals surface area (Å²) in [6.45, 7) is 4.51. The van der Waals surface area contributed by atoms with E-state index in [9.17, 15) is 0 Å². The fourth-order valence-electron chi connectivity index (χ4n) is 6.11. The van der Waals surface area contributed by atoms with Crippen LogP contribution in [-0.4, -0.2) is 22.2 Å². The Morgan fingerprint density at radius 2 is 2.08 bits per heavy atom. The number of hydrogen-bond acceptors (Lipinski definition) is 4. The van der Waals surface area contributed by atoms with Crippen molar-refractivity contribution in [3.8, 4) is 0 Å². The third kappa shape index (κ3) is 3.19.